The van der Waals surface area contributed by atoms with Crippen LogP contribution in [0.3, 0.4) is 0 Å². The van der Waals surface area contributed by atoms with Gasteiger partial charge in [-0.2, -0.15) is 0 Å². The maximum absolute atomic E-state index is 2.52. The van der Waals surface area contributed by atoms with Gasteiger partial charge in [0.05, 0.1) is 0 Å². The maximum Gasteiger partial charge on any atom is -0.0380 e. The van der Waals surface area contributed by atoms with Gasteiger partial charge in [0, 0.05) is 0 Å². The molecule has 1 aliphatic rings. The van der Waals surface area contributed by atoms with Crippen molar-refractivity contribution < 1.29 is 0 Å². The van der Waals surface area contributed by atoms with Crippen LogP contribution in [0.25, 0.3) is 0 Å². The van der Waals surface area contributed by atoms with Gasteiger partial charge in [-0.3, -0.25) is 0 Å². The summed E-state index contributed by atoms with van der Waals surface area (Å²) in [4.78, 5) is 0. The molecule has 0 aliphatic heterocycles. The lowest BCUT2D eigenvalue weighted by atomic mass is 9.79. The molecule has 0 aromatic rings. The molecule has 0 aromatic carbocycles. The SMILES string of the molecule is CCCCC(CC1CC1CC)C(C)CC(C)CC. The quantitative estimate of drug-likeness (QED) is 0.428. The van der Waals surface area contributed by atoms with E-state index in [9.17, 15) is 0 Å². The van der Waals surface area contributed by atoms with Crippen LogP contribution >= 0.6 is 0 Å². The Hall–Kier alpha value is 0. The highest BCUT2D eigenvalue weighted by molar-refractivity contribution is 4.87. The smallest absolute Gasteiger partial charge is 0.0380 e. The highest BCUT2D eigenvalue weighted by atomic mass is 14.4. The Balaban J connectivity index is 2.38. The van der Waals surface area contributed by atoms with Crippen molar-refractivity contribution in [2.24, 2.45) is 29.6 Å². The highest BCUT2D eigenvalue weighted by Crippen LogP contribution is 2.47. The fourth-order valence-electron chi connectivity index (χ4n) is 3.58. The minimum atomic E-state index is 0.922. The molecule has 1 saturated carbocycles. The van der Waals surface area contributed by atoms with Crippen molar-refractivity contribution in [3.8, 4) is 0 Å². The number of unbranched alkanes of at least 4 members (excludes halogenated alkanes) is 1. The minimum Gasteiger partial charge on any atom is -0.0654 e. The van der Waals surface area contributed by atoms with Gasteiger partial charge in [-0.15, -0.1) is 0 Å². The second-order valence-electron chi connectivity index (χ2n) is 7.03. The van der Waals surface area contributed by atoms with Gasteiger partial charge < -0.3 is 0 Å². The second kappa shape index (κ2) is 8.23. The van der Waals surface area contributed by atoms with Crippen molar-refractivity contribution in [1.29, 1.82) is 0 Å². The summed E-state index contributed by atoms with van der Waals surface area (Å²) >= 11 is 0. The molecule has 108 valence electrons. The van der Waals surface area contributed by atoms with Crippen LogP contribution in [-0.2, 0) is 0 Å². The van der Waals surface area contributed by atoms with Crippen molar-refractivity contribution in [2.45, 2.75) is 86.0 Å². The molecule has 1 aliphatic carbocycles. The molecular weight excluding hydrogens is 216 g/mol. The Kier molecular flexibility index (Phi) is 7.34. The van der Waals surface area contributed by atoms with E-state index < -0.39 is 0 Å². The molecule has 5 unspecified atom stereocenters. The van der Waals surface area contributed by atoms with Crippen LogP contribution in [0.15, 0.2) is 0 Å². The van der Waals surface area contributed by atoms with Crippen LogP contribution in [0.5, 0.6) is 0 Å². The number of hydrogen-bond donors (Lipinski definition) is 0. The zero-order valence-corrected chi connectivity index (χ0v) is 13.5. The first-order chi connectivity index (χ1) is 8.62. The number of rotatable bonds is 10. The molecule has 18 heavy (non-hydrogen) atoms. The molecule has 0 heteroatoms. The Morgan fingerprint density at radius 1 is 1.06 bits per heavy atom. The van der Waals surface area contributed by atoms with Crippen LogP contribution in [0.2, 0.25) is 0 Å². The van der Waals surface area contributed by atoms with Gasteiger partial charge in [0.25, 0.3) is 0 Å². The Morgan fingerprint density at radius 3 is 2.28 bits per heavy atom. The molecule has 0 aromatic heterocycles. The Bertz CT molecular complexity index is 208. The monoisotopic (exact) mass is 252 g/mol. The van der Waals surface area contributed by atoms with Gasteiger partial charge >= 0.3 is 0 Å². The molecule has 1 fully saturated rings. The van der Waals surface area contributed by atoms with E-state index in [-0.39, 0.29) is 0 Å². The number of hydrogen-bond acceptors (Lipinski definition) is 0. The summed E-state index contributed by atoms with van der Waals surface area (Å²) in [6.45, 7) is 12.0. The van der Waals surface area contributed by atoms with E-state index in [1.807, 2.05) is 0 Å². The molecule has 1 rings (SSSR count). The van der Waals surface area contributed by atoms with Crippen LogP contribution in [-0.4, -0.2) is 0 Å². The zero-order valence-electron chi connectivity index (χ0n) is 13.5. The molecule has 0 heterocycles. The second-order valence-corrected chi connectivity index (χ2v) is 7.03. The summed E-state index contributed by atoms with van der Waals surface area (Å²) in [5.74, 6) is 5.07. The fourth-order valence-corrected chi connectivity index (χ4v) is 3.58. The van der Waals surface area contributed by atoms with E-state index in [4.69, 9.17) is 0 Å². The van der Waals surface area contributed by atoms with Gasteiger partial charge in [-0.05, 0) is 48.9 Å². The molecular formula is C18H36. The first-order valence-electron chi connectivity index (χ1n) is 8.62. The lowest BCUT2D eigenvalue weighted by molar-refractivity contribution is 0.246. The van der Waals surface area contributed by atoms with Crippen molar-refractivity contribution >= 4 is 0 Å². The van der Waals surface area contributed by atoms with E-state index >= 15 is 0 Å². The van der Waals surface area contributed by atoms with E-state index in [1.54, 1.807) is 0 Å². The summed E-state index contributed by atoms with van der Waals surface area (Å²) in [6, 6.07) is 0. The van der Waals surface area contributed by atoms with Gasteiger partial charge in [0.15, 0.2) is 0 Å². The molecule has 0 amide bonds. The largest absolute Gasteiger partial charge is 0.0654 e. The van der Waals surface area contributed by atoms with Gasteiger partial charge in [-0.25, -0.2) is 0 Å². The van der Waals surface area contributed by atoms with Crippen LogP contribution in [0.1, 0.15) is 86.0 Å². The van der Waals surface area contributed by atoms with E-state index in [0.717, 1.165) is 29.6 Å². The average molecular weight is 252 g/mol. The Labute approximate surface area is 116 Å². The van der Waals surface area contributed by atoms with Crippen LogP contribution < -0.4 is 0 Å². The van der Waals surface area contributed by atoms with Gasteiger partial charge in [-0.1, -0.05) is 66.7 Å². The van der Waals surface area contributed by atoms with Crippen LogP contribution in [0.4, 0.5) is 0 Å². The summed E-state index contributed by atoms with van der Waals surface area (Å²) in [7, 11) is 0. The first-order valence-corrected chi connectivity index (χ1v) is 8.62. The summed E-state index contributed by atoms with van der Waals surface area (Å²) in [5.41, 5.74) is 0. The third kappa shape index (κ3) is 5.33. The third-order valence-electron chi connectivity index (χ3n) is 5.40. The predicted molar refractivity (Wildman–Crippen MR) is 82.8 cm³/mol. The highest BCUT2D eigenvalue weighted by Gasteiger charge is 2.37. The van der Waals surface area contributed by atoms with Crippen molar-refractivity contribution in [3.05, 3.63) is 0 Å². The molecule has 0 spiro atoms. The summed E-state index contributed by atoms with van der Waals surface area (Å²) in [5, 5.41) is 0. The van der Waals surface area contributed by atoms with Gasteiger partial charge in [0.1, 0.15) is 0 Å². The first kappa shape index (κ1) is 16.1. The minimum absolute atomic E-state index is 0.922. The topological polar surface area (TPSA) is 0 Å². The van der Waals surface area contributed by atoms with Crippen molar-refractivity contribution in [3.63, 3.8) is 0 Å². The normalized spacial score (nSPS) is 27.8. The van der Waals surface area contributed by atoms with Gasteiger partial charge in [0.2, 0.25) is 0 Å². The maximum atomic E-state index is 2.52. The molecule has 0 radical (unpaired) electrons. The Morgan fingerprint density at radius 2 is 1.78 bits per heavy atom. The molecule has 5 atom stereocenters. The molecule has 0 bridgehead atoms. The summed E-state index contributed by atoms with van der Waals surface area (Å²) in [6.07, 6.45) is 11.6. The van der Waals surface area contributed by atoms with E-state index in [0.29, 0.717) is 0 Å². The molecule has 0 saturated heterocycles. The third-order valence-corrected chi connectivity index (χ3v) is 5.40. The summed E-state index contributed by atoms with van der Waals surface area (Å²) < 4.78 is 0. The molecule has 0 nitrogen and oxygen atoms in total. The average Bonchev–Trinajstić information content (AvgIpc) is 3.12. The molecule has 0 N–H and O–H groups in total. The standard InChI is InChI=1S/C18H36/c1-6-9-10-17(13-18-12-16(18)8-3)15(5)11-14(4)7-2/h14-18H,6-13H2,1-5H3. The van der Waals surface area contributed by atoms with Crippen LogP contribution in [0, 0.1) is 29.6 Å². The van der Waals surface area contributed by atoms with Crippen molar-refractivity contribution in [2.75, 3.05) is 0 Å². The van der Waals surface area contributed by atoms with E-state index in [1.165, 1.54) is 51.4 Å². The lowest BCUT2D eigenvalue weighted by Gasteiger charge is -2.26. The predicted octanol–water partition coefficient (Wildman–Crippen LogP) is 6.30. The lowest BCUT2D eigenvalue weighted by Crippen LogP contribution is -2.16. The van der Waals surface area contributed by atoms with Crippen molar-refractivity contribution in [1.82, 2.24) is 0 Å². The van der Waals surface area contributed by atoms with E-state index in [2.05, 4.69) is 34.6 Å². The zero-order chi connectivity index (χ0) is 13.5. The fraction of sp³-hybridized carbons (Fsp3) is 1.00.